The van der Waals surface area contributed by atoms with Crippen molar-refractivity contribution >= 4 is 34.6 Å². The molecule has 2 rings (SSSR count). The van der Waals surface area contributed by atoms with Crippen molar-refractivity contribution in [2.75, 3.05) is 10.6 Å². The van der Waals surface area contributed by atoms with Crippen molar-refractivity contribution in [3.8, 4) is 0 Å². The zero-order chi connectivity index (χ0) is 14.5. The highest BCUT2D eigenvalue weighted by Gasteiger charge is 2.21. The van der Waals surface area contributed by atoms with Gasteiger partial charge >= 0.3 is 0 Å². The van der Waals surface area contributed by atoms with Crippen molar-refractivity contribution in [3.05, 3.63) is 24.3 Å². The minimum absolute atomic E-state index is 0.0711. The molecule has 0 spiro atoms. The molecule has 1 aliphatic rings. The molecule has 0 radical (unpaired) electrons. The Balaban J connectivity index is 1.83. The van der Waals surface area contributed by atoms with Gasteiger partial charge in [-0.2, -0.15) is 0 Å². The van der Waals surface area contributed by atoms with Gasteiger partial charge in [-0.3, -0.25) is 4.79 Å². The first-order valence-corrected chi connectivity index (χ1v) is 7.39. The third-order valence-corrected chi connectivity index (χ3v) is 3.71. The summed E-state index contributed by atoms with van der Waals surface area (Å²) in [7, 11) is 0. The van der Waals surface area contributed by atoms with Gasteiger partial charge in [-0.15, -0.1) is 0 Å². The Hall–Kier alpha value is -1.62. The molecule has 5 heteroatoms. The van der Waals surface area contributed by atoms with Crippen LogP contribution in [0.1, 0.15) is 33.1 Å². The monoisotopic (exact) mass is 291 g/mol. The van der Waals surface area contributed by atoms with E-state index in [2.05, 4.69) is 22.9 Å². The van der Waals surface area contributed by atoms with Crippen LogP contribution in [0.3, 0.4) is 0 Å². The summed E-state index contributed by atoms with van der Waals surface area (Å²) in [5.74, 6) is 0.713. The Bertz CT molecular complexity index is 486. The van der Waals surface area contributed by atoms with E-state index in [1.165, 1.54) is 26.2 Å². The summed E-state index contributed by atoms with van der Waals surface area (Å²) in [5, 5.41) is 9.92. The molecule has 1 aliphatic carbocycles. The molecule has 0 bridgehead atoms. The fourth-order valence-corrected chi connectivity index (χ4v) is 2.82. The van der Waals surface area contributed by atoms with Gasteiger partial charge in [-0.05, 0) is 61.7 Å². The zero-order valence-corrected chi connectivity index (χ0v) is 12.7. The fraction of sp³-hybridized carbons (Fsp3) is 0.467. The number of nitrogens with one attached hydrogen (secondary N) is 3. The number of rotatable bonds is 3. The van der Waals surface area contributed by atoms with Gasteiger partial charge in [0, 0.05) is 24.3 Å². The molecule has 1 aromatic carbocycles. The van der Waals surface area contributed by atoms with Gasteiger partial charge in [0.15, 0.2) is 5.11 Å². The zero-order valence-electron chi connectivity index (χ0n) is 11.9. The minimum Gasteiger partial charge on any atom is -0.360 e. The lowest BCUT2D eigenvalue weighted by atomic mass is 10.1. The molecule has 0 heterocycles. The minimum atomic E-state index is -0.0711. The number of anilines is 2. The third kappa shape index (κ3) is 4.49. The Morgan fingerprint density at radius 1 is 1.15 bits per heavy atom. The van der Waals surface area contributed by atoms with E-state index in [0.717, 1.165) is 17.3 Å². The van der Waals surface area contributed by atoms with E-state index in [9.17, 15) is 4.79 Å². The van der Waals surface area contributed by atoms with Crippen LogP contribution in [0.2, 0.25) is 0 Å². The molecule has 2 atom stereocenters. The Morgan fingerprint density at radius 3 is 2.25 bits per heavy atom. The molecule has 1 aromatic rings. The highest BCUT2D eigenvalue weighted by Crippen LogP contribution is 2.24. The number of hydrogen-bond acceptors (Lipinski definition) is 2. The topological polar surface area (TPSA) is 53.2 Å². The third-order valence-electron chi connectivity index (χ3n) is 3.49. The van der Waals surface area contributed by atoms with Crippen molar-refractivity contribution in [2.45, 2.75) is 39.2 Å². The second-order valence-electron chi connectivity index (χ2n) is 5.47. The number of hydrogen-bond donors (Lipinski definition) is 3. The Labute approximate surface area is 125 Å². The van der Waals surface area contributed by atoms with E-state index < -0.39 is 0 Å². The first-order chi connectivity index (χ1) is 9.52. The van der Waals surface area contributed by atoms with Gasteiger partial charge in [0.05, 0.1) is 0 Å². The van der Waals surface area contributed by atoms with Crippen molar-refractivity contribution < 1.29 is 4.79 Å². The highest BCUT2D eigenvalue weighted by molar-refractivity contribution is 7.80. The van der Waals surface area contributed by atoms with Gasteiger partial charge in [0.1, 0.15) is 0 Å². The first-order valence-electron chi connectivity index (χ1n) is 6.98. The van der Waals surface area contributed by atoms with E-state index in [-0.39, 0.29) is 5.91 Å². The molecular formula is C15H21N3OS. The van der Waals surface area contributed by atoms with Crippen LogP contribution < -0.4 is 16.0 Å². The maximum atomic E-state index is 10.9. The van der Waals surface area contributed by atoms with Crippen molar-refractivity contribution in [1.29, 1.82) is 0 Å². The highest BCUT2D eigenvalue weighted by atomic mass is 32.1. The van der Waals surface area contributed by atoms with Crippen LogP contribution in [0.4, 0.5) is 11.4 Å². The summed E-state index contributed by atoms with van der Waals surface area (Å²) in [6.45, 7) is 3.77. The molecule has 0 aromatic heterocycles. The van der Waals surface area contributed by atoms with Gasteiger partial charge in [0.25, 0.3) is 0 Å². The van der Waals surface area contributed by atoms with Crippen molar-refractivity contribution in [3.63, 3.8) is 0 Å². The molecule has 1 saturated carbocycles. The summed E-state index contributed by atoms with van der Waals surface area (Å²) in [6.07, 6.45) is 3.64. The van der Waals surface area contributed by atoms with Gasteiger partial charge in [-0.1, -0.05) is 6.92 Å². The van der Waals surface area contributed by atoms with E-state index in [0.29, 0.717) is 11.2 Å². The molecule has 3 N–H and O–H groups in total. The van der Waals surface area contributed by atoms with Crippen molar-refractivity contribution in [2.24, 2.45) is 5.92 Å². The molecule has 2 unspecified atom stereocenters. The number of thiocarbonyl (C=S) groups is 1. The van der Waals surface area contributed by atoms with Crippen LogP contribution in [-0.2, 0) is 4.79 Å². The predicted octanol–water partition coefficient (Wildman–Crippen LogP) is 3.12. The largest absolute Gasteiger partial charge is 0.360 e. The second-order valence-corrected chi connectivity index (χ2v) is 5.88. The smallest absolute Gasteiger partial charge is 0.221 e. The molecule has 20 heavy (non-hydrogen) atoms. The molecule has 1 amide bonds. The van der Waals surface area contributed by atoms with Crippen LogP contribution >= 0.6 is 12.2 Å². The first kappa shape index (κ1) is 14.8. The summed E-state index contributed by atoms with van der Waals surface area (Å²) in [5.41, 5.74) is 1.70. The van der Waals surface area contributed by atoms with Gasteiger partial charge in [0.2, 0.25) is 5.91 Å². The van der Waals surface area contributed by atoms with Crippen LogP contribution in [0.15, 0.2) is 24.3 Å². The summed E-state index contributed by atoms with van der Waals surface area (Å²) < 4.78 is 0. The molecule has 0 aliphatic heterocycles. The molecule has 0 saturated heterocycles. The van der Waals surface area contributed by atoms with E-state index >= 15 is 0 Å². The fourth-order valence-electron chi connectivity index (χ4n) is 2.53. The van der Waals surface area contributed by atoms with Crippen LogP contribution in [0, 0.1) is 5.92 Å². The van der Waals surface area contributed by atoms with E-state index in [4.69, 9.17) is 12.2 Å². The normalized spacial score (nSPS) is 21.3. The van der Waals surface area contributed by atoms with Crippen LogP contribution in [-0.4, -0.2) is 17.1 Å². The Kier molecular flexibility index (Phi) is 4.95. The summed E-state index contributed by atoms with van der Waals surface area (Å²) in [6, 6.07) is 7.99. The number of benzene rings is 1. The SMILES string of the molecule is CC(=O)Nc1ccc(NC(=S)NC2CCC(C)C2)cc1. The Morgan fingerprint density at radius 2 is 1.75 bits per heavy atom. The predicted molar refractivity (Wildman–Crippen MR) is 86.9 cm³/mol. The number of carbonyl (C=O) groups excluding carboxylic acids is 1. The van der Waals surface area contributed by atoms with E-state index in [1.807, 2.05) is 24.3 Å². The lowest BCUT2D eigenvalue weighted by Gasteiger charge is -2.16. The lowest BCUT2D eigenvalue weighted by Crippen LogP contribution is -2.36. The maximum absolute atomic E-state index is 10.9. The van der Waals surface area contributed by atoms with E-state index in [1.54, 1.807) is 0 Å². The average molecular weight is 291 g/mol. The van der Waals surface area contributed by atoms with Crippen LogP contribution in [0.5, 0.6) is 0 Å². The second kappa shape index (κ2) is 6.70. The molecule has 108 valence electrons. The van der Waals surface area contributed by atoms with Gasteiger partial charge < -0.3 is 16.0 Å². The number of amides is 1. The molecule has 4 nitrogen and oxygen atoms in total. The number of carbonyl (C=O) groups is 1. The maximum Gasteiger partial charge on any atom is 0.221 e. The van der Waals surface area contributed by atoms with Crippen molar-refractivity contribution in [1.82, 2.24) is 5.32 Å². The molecule has 1 fully saturated rings. The average Bonchev–Trinajstić information content (AvgIpc) is 2.76. The summed E-state index contributed by atoms with van der Waals surface area (Å²) >= 11 is 5.32. The summed E-state index contributed by atoms with van der Waals surface area (Å²) in [4.78, 5) is 10.9. The lowest BCUT2D eigenvalue weighted by molar-refractivity contribution is -0.114. The van der Waals surface area contributed by atoms with Gasteiger partial charge in [-0.25, -0.2) is 0 Å². The van der Waals surface area contributed by atoms with Crippen LogP contribution in [0.25, 0.3) is 0 Å². The molecular weight excluding hydrogens is 270 g/mol. The quantitative estimate of drug-likeness (QED) is 0.749. The standard InChI is InChI=1S/C15H21N3OS/c1-10-3-4-14(9-10)18-15(20)17-13-7-5-12(6-8-13)16-11(2)19/h5-8,10,14H,3-4,9H2,1-2H3,(H,16,19)(H2,17,18,20).